The van der Waals surface area contributed by atoms with Gasteiger partial charge in [-0.25, -0.2) is 0 Å². The molecule has 0 spiro atoms. The van der Waals surface area contributed by atoms with Gasteiger partial charge in [-0.2, -0.15) is 12.8 Å². The molecular weight excluding hydrogens is 126 g/mol. The highest BCUT2D eigenvalue weighted by atomic mass is 32.2. The molecule has 0 saturated carbocycles. The molecule has 0 aliphatic carbocycles. The molecule has 0 aromatic rings. The van der Waals surface area contributed by atoms with Gasteiger partial charge in [0.05, 0.1) is 6.54 Å². The summed E-state index contributed by atoms with van der Waals surface area (Å²) in [4.78, 5) is 0. The number of hydrogen-bond donors (Lipinski definition) is 0. The largest absolute Gasteiger partial charge is 0.311 e. The van der Waals surface area contributed by atoms with Crippen LogP contribution in [-0.4, -0.2) is 15.0 Å². The highest BCUT2D eigenvalue weighted by Crippen LogP contribution is 1.89. The monoisotopic (exact) mass is 135 g/mol. The van der Waals surface area contributed by atoms with Crippen LogP contribution in [0.4, 0.5) is 0 Å². The minimum Gasteiger partial charge on any atom is -0.172 e. The molecule has 0 aliphatic rings. The van der Waals surface area contributed by atoms with Crippen molar-refractivity contribution in [1.82, 2.24) is 0 Å². The summed E-state index contributed by atoms with van der Waals surface area (Å²) >= 11 is 0. The van der Waals surface area contributed by atoms with E-state index < -0.39 is 10.5 Å². The molecule has 0 atom stereocenters. The van der Waals surface area contributed by atoms with Gasteiger partial charge in [-0.15, -0.1) is 0 Å². The van der Waals surface area contributed by atoms with E-state index in [1.165, 1.54) is 0 Å². The molecule has 0 aliphatic heterocycles. The number of rotatable bonds is 2. The Kier molecular flexibility index (Phi) is 3.43. The van der Waals surface area contributed by atoms with Crippen LogP contribution in [0.25, 0.3) is 0 Å². The van der Waals surface area contributed by atoms with Gasteiger partial charge in [-0.3, -0.25) is 0 Å². The SMILES string of the molecule is CC(C)CN=S(=O)=O. The van der Waals surface area contributed by atoms with Gasteiger partial charge >= 0.3 is 10.5 Å². The topological polar surface area (TPSA) is 46.5 Å². The van der Waals surface area contributed by atoms with Crippen molar-refractivity contribution in [3.8, 4) is 0 Å². The second-order valence-electron chi connectivity index (χ2n) is 1.92. The van der Waals surface area contributed by atoms with Crippen molar-refractivity contribution in [2.45, 2.75) is 13.8 Å². The van der Waals surface area contributed by atoms with Gasteiger partial charge in [-0.05, 0) is 5.92 Å². The Balaban J connectivity index is 3.62. The summed E-state index contributed by atoms with van der Waals surface area (Å²) < 4.78 is 22.7. The normalized spacial score (nSPS) is 9.38. The summed E-state index contributed by atoms with van der Waals surface area (Å²) in [5.74, 6) is 0.327. The zero-order valence-electron chi connectivity index (χ0n) is 4.96. The van der Waals surface area contributed by atoms with Crippen LogP contribution in [0, 0.1) is 5.92 Å². The first kappa shape index (κ1) is 7.62. The Bertz CT molecular complexity index is 160. The van der Waals surface area contributed by atoms with E-state index in [-0.39, 0.29) is 0 Å². The van der Waals surface area contributed by atoms with Crippen molar-refractivity contribution in [2.75, 3.05) is 6.54 Å². The van der Waals surface area contributed by atoms with Crippen molar-refractivity contribution in [3.05, 3.63) is 0 Å². The average Bonchev–Trinajstić information content (AvgIpc) is 1.61. The fourth-order valence-electron chi connectivity index (χ4n) is 0.210. The maximum absolute atomic E-state index is 9.74. The van der Waals surface area contributed by atoms with Crippen LogP contribution >= 0.6 is 0 Å². The van der Waals surface area contributed by atoms with E-state index in [1.54, 1.807) is 0 Å². The van der Waals surface area contributed by atoms with Gasteiger partial charge in [0, 0.05) is 0 Å². The quantitative estimate of drug-likeness (QED) is 0.559. The highest BCUT2D eigenvalue weighted by molar-refractivity contribution is 7.61. The summed E-state index contributed by atoms with van der Waals surface area (Å²) in [6.45, 7) is 4.23. The maximum atomic E-state index is 9.74. The standard InChI is InChI=1S/C4H9NO2S/c1-4(2)3-5-8(6)7/h4H,3H2,1-2H3. The second kappa shape index (κ2) is 3.60. The molecule has 0 radical (unpaired) electrons. The van der Waals surface area contributed by atoms with Crippen LogP contribution in [0.1, 0.15) is 13.8 Å². The van der Waals surface area contributed by atoms with Crippen LogP contribution in [0.3, 0.4) is 0 Å². The summed E-state index contributed by atoms with van der Waals surface area (Å²) in [6.07, 6.45) is 0. The Hall–Kier alpha value is -0.380. The predicted molar refractivity (Wildman–Crippen MR) is 31.1 cm³/mol. The number of hydrogen-bond acceptors (Lipinski definition) is 3. The molecule has 0 heterocycles. The van der Waals surface area contributed by atoms with Gasteiger partial charge in [0.15, 0.2) is 0 Å². The minimum absolute atomic E-state index is 0.327. The zero-order valence-corrected chi connectivity index (χ0v) is 5.77. The smallest absolute Gasteiger partial charge is 0.172 e. The molecule has 3 nitrogen and oxygen atoms in total. The van der Waals surface area contributed by atoms with E-state index >= 15 is 0 Å². The summed E-state index contributed by atoms with van der Waals surface area (Å²) in [5.41, 5.74) is 0. The molecule has 0 saturated heterocycles. The molecule has 0 aromatic heterocycles. The molecule has 0 rings (SSSR count). The second-order valence-corrected chi connectivity index (χ2v) is 2.62. The van der Waals surface area contributed by atoms with E-state index in [9.17, 15) is 8.42 Å². The van der Waals surface area contributed by atoms with E-state index in [4.69, 9.17) is 0 Å². The molecule has 0 bridgehead atoms. The van der Waals surface area contributed by atoms with Gasteiger partial charge in [0.2, 0.25) is 0 Å². The lowest BCUT2D eigenvalue weighted by atomic mass is 10.2. The van der Waals surface area contributed by atoms with Crippen molar-refractivity contribution in [1.29, 1.82) is 0 Å². The van der Waals surface area contributed by atoms with Gasteiger partial charge in [0.1, 0.15) is 0 Å². The molecule has 4 heteroatoms. The summed E-state index contributed by atoms with van der Waals surface area (Å²) in [7, 11) is -2.21. The molecule has 0 N–H and O–H groups in total. The van der Waals surface area contributed by atoms with Crippen LogP contribution in [0.15, 0.2) is 4.36 Å². The van der Waals surface area contributed by atoms with E-state index in [2.05, 4.69) is 4.36 Å². The first-order chi connectivity index (χ1) is 3.63. The Labute approximate surface area is 50.4 Å². The van der Waals surface area contributed by atoms with Crippen molar-refractivity contribution < 1.29 is 8.42 Å². The first-order valence-corrected chi connectivity index (χ1v) is 3.43. The zero-order chi connectivity index (χ0) is 6.57. The molecule has 8 heavy (non-hydrogen) atoms. The third-order valence-corrected chi connectivity index (χ3v) is 0.905. The summed E-state index contributed by atoms with van der Waals surface area (Å²) in [5, 5.41) is 0. The number of nitrogens with zero attached hydrogens (tertiary/aromatic N) is 1. The Morgan fingerprint density at radius 2 is 2.00 bits per heavy atom. The third kappa shape index (κ3) is 5.62. The van der Waals surface area contributed by atoms with Crippen LogP contribution in [0.2, 0.25) is 0 Å². The van der Waals surface area contributed by atoms with Gasteiger partial charge in [-0.1, -0.05) is 13.8 Å². The lowest BCUT2D eigenvalue weighted by Gasteiger charge is -1.90. The van der Waals surface area contributed by atoms with E-state index in [1.807, 2.05) is 13.8 Å². The van der Waals surface area contributed by atoms with Crippen LogP contribution in [-0.2, 0) is 10.5 Å². The highest BCUT2D eigenvalue weighted by Gasteiger charge is 1.87. The third-order valence-electron chi connectivity index (χ3n) is 0.545. The molecule has 0 amide bonds. The Morgan fingerprint density at radius 3 is 2.12 bits per heavy atom. The van der Waals surface area contributed by atoms with Gasteiger partial charge in [0.25, 0.3) is 0 Å². The molecular formula is C4H9NO2S. The molecule has 0 unspecified atom stereocenters. The fourth-order valence-corrected chi connectivity index (χ4v) is 0.630. The molecule has 0 fully saturated rings. The lowest BCUT2D eigenvalue weighted by molar-refractivity contribution is 0.610. The molecule has 48 valence electrons. The van der Waals surface area contributed by atoms with Crippen molar-refractivity contribution in [3.63, 3.8) is 0 Å². The minimum atomic E-state index is -2.21. The fraction of sp³-hybridized carbons (Fsp3) is 1.00. The van der Waals surface area contributed by atoms with Crippen LogP contribution < -0.4 is 0 Å². The van der Waals surface area contributed by atoms with E-state index in [0.717, 1.165) is 0 Å². The lowest BCUT2D eigenvalue weighted by Crippen LogP contribution is -1.89. The Morgan fingerprint density at radius 1 is 1.50 bits per heavy atom. The predicted octanol–water partition coefficient (Wildman–Crippen LogP) is 0.705. The van der Waals surface area contributed by atoms with Gasteiger partial charge < -0.3 is 0 Å². The average molecular weight is 135 g/mol. The molecule has 0 aromatic carbocycles. The summed E-state index contributed by atoms with van der Waals surface area (Å²) in [6, 6.07) is 0. The van der Waals surface area contributed by atoms with Crippen molar-refractivity contribution >= 4 is 10.5 Å². The van der Waals surface area contributed by atoms with E-state index in [0.29, 0.717) is 12.5 Å². The maximum Gasteiger partial charge on any atom is 0.311 e. The van der Waals surface area contributed by atoms with Crippen LogP contribution in [0.5, 0.6) is 0 Å². The first-order valence-electron chi connectivity index (χ1n) is 2.40. The van der Waals surface area contributed by atoms with Crippen molar-refractivity contribution in [2.24, 2.45) is 10.3 Å².